The van der Waals surface area contributed by atoms with Crippen LogP contribution in [0, 0.1) is 13.8 Å². The fourth-order valence-electron chi connectivity index (χ4n) is 2.22. The number of aliphatic hydroxyl groups excluding tert-OH is 1. The topological polar surface area (TPSA) is 84.2 Å². The molecule has 0 saturated carbocycles. The van der Waals surface area contributed by atoms with Gasteiger partial charge in [0.05, 0.1) is 11.4 Å². The summed E-state index contributed by atoms with van der Waals surface area (Å²) in [4.78, 5) is 0.198. The molecule has 0 saturated heterocycles. The molecule has 6 nitrogen and oxygen atoms in total. The molecule has 2 N–H and O–H groups in total. The van der Waals surface area contributed by atoms with Gasteiger partial charge in [0, 0.05) is 18.8 Å². The van der Waals surface area contributed by atoms with E-state index in [4.69, 9.17) is 5.11 Å². The molecule has 0 atom stereocenters. The number of nitrogens with zero attached hydrogens (tertiary/aromatic N) is 2. The van der Waals surface area contributed by atoms with Gasteiger partial charge in [0.15, 0.2) is 0 Å². The molecule has 114 valence electrons. The first-order chi connectivity index (χ1) is 9.95. The van der Waals surface area contributed by atoms with Crippen molar-refractivity contribution in [3.05, 3.63) is 41.7 Å². The summed E-state index contributed by atoms with van der Waals surface area (Å²) in [5, 5.41) is 13.1. The molecule has 1 heterocycles. The Hall–Kier alpha value is -1.86. The normalized spacial score (nSPS) is 11.6. The minimum Gasteiger partial charge on any atom is -0.396 e. The molecular formula is C14H19N3O3S. The van der Waals surface area contributed by atoms with E-state index in [1.54, 1.807) is 42.8 Å². The molecule has 21 heavy (non-hydrogen) atoms. The van der Waals surface area contributed by atoms with E-state index < -0.39 is 10.0 Å². The average molecular weight is 309 g/mol. The highest BCUT2D eigenvalue weighted by atomic mass is 32.2. The zero-order chi connectivity index (χ0) is 15.5. The predicted octanol–water partition coefficient (Wildman–Crippen LogP) is 1.68. The number of aromatic nitrogens is 2. The lowest BCUT2D eigenvalue weighted by Crippen LogP contribution is -2.15. The fourth-order valence-corrected chi connectivity index (χ4v) is 3.69. The molecule has 2 aromatic rings. The summed E-state index contributed by atoms with van der Waals surface area (Å²) >= 11 is 0. The lowest BCUT2D eigenvalue weighted by molar-refractivity contribution is 0.276. The molecule has 0 amide bonds. The Morgan fingerprint density at radius 2 is 1.90 bits per heavy atom. The van der Waals surface area contributed by atoms with Crippen molar-refractivity contribution in [3.63, 3.8) is 0 Å². The van der Waals surface area contributed by atoms with Gasteiger partial charge in [-0.3, -0.25) is 9.40 Å². The Morgan fingerprint density at radius 3 is 2.52 bits per heavy atom. The van der Waals surface area contributed by atoms with Crippen LogP contribution < -0.4 is 4.72 Å². The van der Waals surface area contributed by atoms with Crippen LogP contribution in [0.25, 0.3) is 0 Å². The number of aliphatic hydroxyl groups is 1. The van der Waals surface area contributed by atoms with Gasteiger partial charge < -0.3 is 5.11 Å². The smallest absolute Gasteiger partial charge is 0.265 e. The van der Waals surface area contributed by atoms with E-state index in [-0.39, 0.29) is 11.5 Å². The number of anilines is 1. The number of benzene rings is 1. The van der Waals surface area contributed by atoms with Gasteiger partial charge in [-0.1, -0.05) is 18.2 Å². The Morgan fingerprint density at radius 1 is 1.24 bits per heavy atom. The van der Waals surface area contributed by atoms with Gasteiger partial charge >= 0.3 is 0 Å². The third-order valence-electron chi connectivity index (χ3n) is 3.14. The molecule has 0 aliphatic heterocycles. The number of rotatable bonds is 6. The molecular weight excluding hydrogens is 290 g/mol. The summed E-state index contributed by atoms with van der Waals surface area (Å²) in [5.74, 6) is 0. The Kier molecular flexibility index (Phi) is 4.64. The molecule has 0 radical (unpaired) electrons. The van der Waals surface area contributed by atoms with Gasteiger partial charge in [-0.05, 0) is 32.4 Å². The van der Waals surface area contributed by atoms with Crippen molar-refractivity contribution in [1.29, 1.82) is 0 Å². The van der Waals surface area contributed by atoms with E-state index in [0.29, 0.717) is 30.0 Å². The van der Waals surface area contributed by atoms with Crippen molar-refractivity contribution in [1.82, 2.24) is 9.78 Å². The monoisotopic (exact) mass is 309 g/mol. The zero-order valence-electron chi connectivity index (χ0n) is 12.1. The highest BCUT2D eigenvalue weighted by Crippen LogP contribution is 2.22. The number of nitrogens with one attached hydrogen (secondary N) is 1. The summed E-state index contributed by atoms with van der Waals surface area (Å²) in [5.41, 5.74) is 1.54. The first-order valence-electron chi connectivity index (χ1n) is 6.68. The van der Waals surface area contributed by atoms with E-state index >= 15 is 0 Å². The van der Waals surface area contributed by atoms with Crippen molar-refractivity contribution in [2.45, 2.75) is 31.7 Å². The third-order valence-corrected chi connectivity index (χ3v) is 4.77. The largest absolute Gasteiger partial charge is 0.396 e. The molecule has 7 heteroatoms. The van der Waals surface area contributed by atoms with E-state index in [1.165, 1.54) is 0 Å². The molecule has 0 unspecified atom stereocenters. The molecule has 0 spiro atoms. The quantitative estimate of drug-likeness (QED) is 0.850. The standard InChI is InChI=1S/C14H19N3O3S/c1-11-14(12(2)17(15-11)9-6-10-18)21(19,20)16-13-7-4-3-5-8-13/h3-5,7-8,16,18H,6,9-10H2,1-2H3. The SMILES string of the molecule is Cc1nn(CCCO)c(C)c1S(=O)(=O)Nc1ccccc1. The van der Waals surface area contributed by atoms with Crippen LogP contribution in [-0.4, -0.2) is 29.9 Å². The Balaban J connectivity index is 2.34. The number of para-hydroxylation sites is 1. The maximum absolute atomic E-state index is 12.5. The first-order valence-corrected chi connectivity index (χ1v) is 8.17. The van der Waals surface area contributed by atoms with Crippen molar-refractivity contribution < 1.29 is 13.5 Å². The molecule has 1 aromatic heterocycles. The van der Waals surface area contributed by atoms with Gasteiger partial charge in [-0.15, -0.1) is 0 Å². The predicted molar refractivity (Wildman–Crippen MR) is 80.7 cm³/mol. The second-order valence-corrected chi connectivity index (χ2v) is 6.39. The summed E-state index contributed by atoms with van der Waals surface area (Å²) in [6.45, 7) is 3.92. The number of sulfonamides is 1. The molecule has 0 aliphatic rings. The zero-order valence-corrected chi connectivity index (χ0v) is 12.9. The summed E-state index contributed by atoms with van der Waals surface area (Å²) in [6.07, 6.45) is 0.535. The van der Waals surface area contributed by atoms with Crippen LogP contribution in [0.1, 0.15) is 17.8 Å². The average Bonchev–Trinajstić information content (AvgIpc) is 2.72. The third kappa shape index (κ3) is 3.43. The molecule has 0 aliphatic carbocycles. The van der Waals surface area contributed by atoms with Crippen molar-refractivity contribution in [2.75, 3.05) is 11.3 Å². The highest BCUT2D eigenvalue weighted by Gasteiger charge is 2.24. The van der Waals surface area contributed by atoms with Gasteiger partial charge in [-0.2, -0.15) is 5.10 Å². The van der Waals surface area contributed by atoms with Crippen LogP contribution >= 0.6 is 0 Å². The lowest BCUT2D eigenvalue weighted by Gasteiger charge is -2.08. The fraction of sp³-hybridized carbons (Fsp3) is 0.357. The number of hydrogen-bond acceptors (Lipinski definition) is 4. The first kappa shape index (κ1) is 15.5. The minimum atomic E-state index is -3.67. The van der Waals surface area contributed by atoms with Crippen LogP contribution in [0.15, 0.2) is 35.2 Å². The molecule has 1 aromatic carbocycles. The van der Waals surface area contributed by atoms with Crippen LogP contribution in [0.2, 0.25) is 0 Å². The van der Waals surface area contributed by atoms with Gasteiger partial charge in [0.25, 0.3) is 10.0 Å². The van der Waals surface area contributed by atoms with Crippen molar-refractivity contribution in [2.24, 2.45) is 0 Å². The lowest BCUT2D eigenvalue weighted by atomic mass is 10.3. The van der Waals surface area contributed by atoms with Crippen LogP contribution in [0.4, 0.5) is 5.69 Å². The van der Waals surface area contributed by atoms with Gasteiger partial charge in [-0.25, -0.2) is 8.42 Å². The second-order valence-electron chi connectivity index (χ2n) is 4.77. The van der Waals surface area contributed by atoms with Gasteiger partial charge in [0.2, 0.25) is 0 Å². The molecule has 0 fully saturated rings. The summed E-state index contributed by atoms with van der Waals surface area (Å²) < 4.78 is 29.2. The van der Waals surface area contributed by atoms with Gasteiger partial charge in [0.1, 0.15) is 4.90 Å². The van der Waals surface area contributed by atoms with Crippen molar-refractivity contribution >= 4 is 15.7 Å². The van der Waals surface area contributed by atoms with E-state index in [0.717, 1.165) is 0 Å². The van der Waals surface area contributed by atoms with Crippen LogP contribution in [0.5, 0.6) is 0 Å². The molecule has 0 bridgehead atoms. The highest BCUT2D eigenvalue weighted by molar-refractivity contribution is 7.92. The van der Waals surface area contributed by atoms with E-state index in [9.17, 15) is 8.42 Å². The summed E-state index contributed by atoms with van der Waals surface area (Å²) in [7, 11) is -3.67. The maximum atomic E-state index is 12.5. The van der Waals surface area contributed by atoms with Crippen LogP contribution in [-0.2, 0) is 16.6 Å². The van der Waals surface area contributed by atoms with Crippen molar-refractivity contribution in [3.8, 4) is 0 Å². The maximum Gasteiger partial charge on any atom is 0.265 e. The van der Waals surface area contributed by atoms with E-state index in [2.05, 4.69) is 9.82 Å². The Labute approximate surface area is 124 Å². The summed E-state index contributed by atoms with van der Waals surface area (Å²) in [6, 6.07) is 8.74. The Bertz CT molecular complexity index is 709. The minimum absolute atomic E-state index is 0.0443. The second kappa shape index (κ2) is 6.28. The molecule has 2 rings (SSSR count). The number of hydrogen-bond donors (Lipinski definition) is 2. The van der Waals surface area contributed by atoms with Crippen LogP contribution in [0.3, 0.4) is 0 Å². The van der Waals surface area contributed by atoms with E-state index in [1.807, 2.05) is 6.07 Å². The number of aryl methyl sites for hydroxylation is 2.